The molecule has 3 atom stereocenters. The molecule has 2 bridgehead atoms. The molecule has 3 fully saturated rings. The molecule has 3 N–H and O–H groups in total. The van der Waals surface area contributed by atoms with Crippen molar-refractivity contribution < 1.29 is 23.1 Å². The summed E-state index contributed by atoms with van der Waals surface area (Å²) >= 11 is 0. The zero-order valence-corrected chi connectivity index (χ0v) is 20.9. The van der Waals surface area contributed by atoms with E-state index in [1.165, 1.54) is 0 Å². The number of anilines is 1. The van der Waals surface area contributed by atoms with Crippen LogP contribution in [0.2, 0.25) is 0 Å². The Kier molecular flexibility index (Phi) is 7.16. The number of aliphatic hydroxyl groups excluding tert-OH is 1. The standard InChI is InChI=1S/C25H36N4O5S/c30-11-1-8-28-9-6-17(7-10-28)16-35(33,34)29-21-3-4-22(29)15-20(14-21)26-25(32)18-2-5-23-19(12-18)13-24(31)27-23/h2,5,12,17,20-22,30H,1,3-4,6-11,13-16H2,(H,26,32)(H,27,31)/t20?,21-,22+. The van der Waals surface area contributed by atoms with Gasteiger partial charge in [0.1, 0.15) is 0 Å². The van der Waals surface area contributed by atoms with E-state index >= 15 is 0 Å². The second-order valence-electron chi connectivity index (χ2n) is 10.6. The van der Waals surface area contributed by atoms with Crippen molar-refractivity contribution in [2.75, 3.05) is 37.3 Å². The molecule has 4 heterocycles. The number of carbonyl (C=O) groups is 2. The number of carbonyl (C=O) groups excluding carboxylic acids is 2. The number of nitrogens with zero attached hydrogens (tertiary/aromatic N) is 2. The minimum Gasteiger partial charge on any atom is -0.396 e. The number of piperidine rings is 2. The van der Waals surface area contributed by atoms with E-state index < -0.39 is 10.0 Å². The minimum absolute atomic E-state index is 0.0458. The number of hydrogen-bond donors (Lipinski definition) is 3. The maximum atomic E-state index is 13.4. The predicted octanol–water partition coefficient (Wildman–Crippen LogP) is 1.33. The third-order valence-corrected chi connectivity index (χ3v) is 10.2. The molecule has 0 aromatic heterocycles. The van der Waals surface area contributed by atoms with Gasteiger partial charge in [-0.2, -0.15) is 4.31 Å². The summed E-state index contributed by atoms with van der Waals surface area (Å²) in [5, 5.41) is 14.9. The van der Waals surface area contributed by atoms with Gasteiger partial charge in [-0.1, -0.05) is 0 Å². The van der Waals surface area contributed by atoms with Gasteiger partial charge < -0.3 is 20.6 Å². The van der Waals surface area contributed by atoms with Gasteiger partial charge in [0.2, 0.25) is 15.9 Å². The van der Waals surface area contributed by atoms with E-state index in [4.69, 9.17) is 5.11 Å². The topological polar surface area (TPSA) is 119 Å². The first-order valence-electron chi connectivity index (χ1n) is 12.9. The fraction of sp³-hybridized carbons (Fsp3) is 0.680. The van der Waals surface area contributed by atoms with Crippen molar-refractivity contribution in [1.82, 2.24) is 14.5 Å². The lowest BCUT2D eigenvalue weighted by atomic mass is 9.99. The minimum atomic E-state index is -3.35. The van der Waals surface area contributed by atoms with Crippen molar-refractivity contribution in [3.63, 3.8) is 0 Å². The Labute approximate surface area is 207 Å². The lowest BCUT2D eigenvalue weighted by molar-refractivity contribution is -0.115. The Morgan fingerprint density at radius 1 is 1.11 bits per heavy atom. The maximum absolute atomic E-state index is 13.4. The Morgan fingerprint density at radius 2 is 1.83 bits per heavy atom. The summed E-state index contributed by atoms with van der Waals surface area (Å²) in [6.45, 7) is 2.86. The normalized spacial score (nSPS) is 27.6. The zero-order chi connectivity index (χ0) is 24.6. The van der Waals surface area contributed by atoms with Crippen LogP contribution in [0.15, 0.2) is 18.2 Å². The first kappa shape index (κ1) is 24.7. The summed E-state index contributed by atoms with van der Waals surface area (Å²) in [6.07, 6.45) is 5.81. The fourth-order valence-corrected chi connectivity index (χ4v) is 8.79. The highest BCUT2D eigenvalue weighted by molar-refractivity contribution is 7.89. The summed E-state index contributed by atoms with van der Waals surface area (Å²) in [6, 6.07) is 5.13. The van der Waals surface area contributed by atoms with Crippen LogP contribution in [0.5, 0.6) is 0 Å². The molecule has 1 aromatic rings. The highest BCUT2D eigenvalue weighted by atomic mass is 32.2. The fourth-order valence-electron chi connectivity index (χ4n) is 6.40. The number of fused-ring (bicyclic) bond motifs is 3. The largest absolute Gasteiger partial charge is 0.396 e. The number of amides is 2. The highest BCUT2D eigenvalue weighted by Gasteiger charge is 2.47. The molecule has 35 heavy (non-hydrogen) atoms. The molecule has 0 saturated carbocycles. The molecule has 2 amide bonds. The average molecular weight is 505 g/mol. The summed E-state index contributed by atoms with van der Waals surface area (Å²) in [5.41, 5.74) is 2.13. The van der Waals surface area contributed by atoms with E-state index in [1.807, 2.05) is 0 Å². The maximum Gasteiger partial charge on any atom is 0.251 e. The van der Waals surface area contributed by atoms with E-state index in [0.29, 0.717) is 24.8 Å². The zero-order valence-electron chi connectivity index (χ0n) is 20.1. The molecule has 10 heteroatoms. The molecule has 0 radical (unpaired) electrons. The second kappa shape index (κ2) is 10.2. The molecule has 9 nitrogen and oxygen atoms in total. The van der Waals surface area contributed by atoms with E-state index in [9.17, 15) is 18.0 Å². The van der Waals surface area contributed by atoms with E-state index in [-0.39, 0.29) is 48.2 Å². The van der Waals surface area contributed by atoms with E-state index in [0.717, 1.165) is 63.0 Å². The molecule has 3 saturated heterocycles. The van der Waals surface area contributed by atoms with Crippen molar-refractivity contribution >= 4 is 27.5 Å². The number of nitrogens with one attached hydrogen (secondary N) is 2. The number of rotatable bonds is 8. The smallest absolute Gasteiger partial charge is 0.251 e. The van der Waals surface area contributed by atoms with Crippen LogP contribution in [0, 0.1) is 5.92 Å². The van der Waals surface area contributed by atoms with Gasteiger partial charge >= 0.3 is 0 Å². The summed E-state index contributed by atoms with van der Waals surface area (Å²) in [4.78, 5) is 26.8. The second-order valence-corrected chi connectivity index (χ2v) is 12.5. The summed E-state index contributed by atoms with van der Waals surface area (Å²) < 4.78 is 28.6. The third kappa shape index (κ3) is 5.40. The molecule has 192 valence electrons. The monoisotopic (exact) mass is 504 g/mol. The molecule has 4 aliphatic heterocycles. The van der Waals surface area contributed by atoms with Crippen molar-refractivity contribution in [3.8, 4) is 0 Å². The molecule has 1 aromatic carbocycles. The Bertz CT molecular complexity index is 1060. The van der Waals surface area contributed by atoms with Crippen LogP contribution in [0.4, 0.5) is 5.69 Å². The van der Waals surface area contributed by atoms with Crippen LogP contribution in [0.1, 0.15) is 60.9 Å². The number of aliphatic hydroxyl groups is 1. The van der Waals surface area contributed by atoms with Gasteiger partial charge in [0.05, 0.1) is 12.2 Å². The van der Waals surface area contributed by atoms with Gasteiger partial charge in [-0.25, -0.2) is 8.42 Å². The molecular formula is C25H36N4O5S. The molecular weight excluding hydrogens is 468 g/mol. The van der Waals surface area contributed by atoms with Crippen LogP contribution in [-0.2, 0) is 21.2 Å². The van der Waals surface area contributed by atoms with Gasteiger partial charge in [0, 0.05) is 42.5 Å². The lowest BCUT2D eigenvalue weighted by Crippen LogP contribution is -2.53. The van der Waals surface area contributed by atoms with Gasteiger partial charge in [0.25, 0.3) is 5.91 Å². The molecule has 1 unspecified atom stereocenters. The van der Waals surface area contributed by atoms with Crippen LogP contribution < -0.4 is 10.6 Å². The SMILES string of the molecule is O=C1Cc2cc(C(=O)NC3C[C@H]4CC[C@@H](C3)N4S(=O)(=O)CC3CCN(CCCO)CC3)ccc2N1. The Balaban J connectivity index is 1.16. The van der Waals surface area contributed by atoms with E-state index in [1.54, 1.807) is 22.5 Å². The summed E-state index contributed by atoms with van der Waals surface area (Å²) in [7, 11) is -3.35. The van der Waals surface area contributed by atoms with Crippen LogP contribution in [0.25, 0.3) is 0 Å². The van der Waals surface area contributed by atoms with E-state index in [2.05, 4.69) is 15.5 Å². The Morgan fingerprint density at radius 3 is 2.51 bits per heavy atom. The molecule has 4 aliphatic rings. The number of hydrogen-bond acceptors (Lipinski definition) is 6. The molecule has 0 aliphatic carbocycles. The first-order valence-corrected chi connectivity index (χ1v) is 14.5. The van der Waals surface area contributed by atoms with Gasteiger partial charge in [-0.15, -0.1) is 0 Å². The molecule has 5 rings (SSSR count). The van der Waals surface area contributed by atoms with Crippen LogP contribution in [-0.4, -0.2) is 84.7 Å². The summed E-state index contributed by atoms with van der Waals surface area (Å²) in [5.74, 6) is 0.173. The average Bonchev–Trinajstić information content (AvgIpc) is 3.34. The van der Waals surface area contributed by atoms with Gasteiger partial charge in [-0.05, 0) is 87.7 Å². The number of likely N-dealkylation sites (tertiary alicyclic amines) is 1. The highest BCUT2D eigenvalue weighted by Crippen LogP contribution is 2.39. The lowest BCUT2D eigenvalue weighted by Gasteiger charge is -2.39. The predicted molar refractivity (Wildman–Crippen MR) is 133 cm³/mol. The van der Waals surface area contributed by atoms with Crippen molar-refractivity contribution in [3.05, 3.63) is 29.3 Å². The van der Waals surface area contributed by atoms with Crippen molar-refractivity contribution in [2.24, 2.45) is 5.92 Å². The quantitative estimate of drug-likeness (QED) is 0.492. The van der Waals surface area contributed by atoms with Gasteiger partial charge in [-0.3, -0.25) is 9.59 Å². The van der Waals surface area contributed by atoms with Crippen molar-refractivity contribution in [2.45, 2.75) is 69.5 Å². The Hall–Kier alpha value is -2.01. The number of sulfonamides is 1. The van der Waals surface area contributed by atoms with Crippen LogP contribution >= 0.6 is 0 Å². The third-order valence-electron chi connectivity index (χ3n) is 8.10. The van der Waals surface area contributed by atoms with Crippen LogP contribution in [0.3, 0.4) is 0 Å². The first-order chi connectivity index (χ1) is 16.8. The van der Waals surface area contributed by atoms with Crippen molar-refractivity contribution in [1.29, 1.82) is 0 Å². The van der Waals surface area contributed by atoms with Gasteiger partial charge in [0.15, 0.2) is 0 Å². The number of benzene rings is 1. The molecule has 0 spiro atoms.